The second-order valence-corrected chi connectivity index (χ2v) is 18.8. The zero-order valence-electron chi connectivity index (χ0n) is 44.2. The molecule has 0 heterocycles. The molecule has 0 aromatic heterocycles. The van der Waals surface area contributed by atoms with Crippen molar-refractivity contribution in [2.45, 2.75) is 284 Å². The number of carbonyl (C=O) groups is 3. The van der Waals surface area contributed by atoms with Crippen molar-refractivity contribution in [2.24, 2.45) is 0 Å². The third kappa shape index (κ3) is 53.7. The summed E-state index contributed by atoms with van der Waals surface area (Å²) in [5, 5.41) is 0. The van der Waals surface area contributed by atoms with Crippen LogP contribution < -0.4 is 0 Å². The van der Waals surface area contributed by atoms with Gasteiger partial charge >= 0.3 is 17.9 Å². The van der Waals surface area contributed by atoms with E-state index in [0.29, 0.717) is 19.3 Å². The number of ether oxygens (including phenoxy) is 3. The van der Waals surface area contributed by atoms with E-state index in [2.05, 4.69) is 93.7 Å². The number of rotatable bonds is 51. The third-order valence-corrected chi connectivity index (χ3v) is 12.2. The van der Waals surface area contributed by atoms with E-state index in [0.717, 1.165) is 109 Å². The topological polar surface area (TPSA) is 78.9 Å². The summed E-state index contributed by atoms with van der Waals surface area (Å²) in [5.41, 5.74) is 0. The zero-order chi connectivity index (χ0) is 48.6. The molecular formula is C61H106O6. The van der Waals surface area contributed by atoms with Crippen LogP contribution in [0.4, 0.5) is 0 Å². The molecule has 0 fully saturated rings. The first kappa shape index (κ1) is 63.8. The Morgan fingerprint density at radius 2 is 0.582 bits per heavy atom. The second-order valence-electron chi connectivity index (χ2n) is 18.8. The van der Waals surface area contributed by atoms with Crippen molar-refractivity contribution in [2.75, 3.05) is 13.2 Å². The maximum atomic E-state index is 12.8. The van der Waals surface area contributed by atoms with E-state index in [4.69, 9.17) is 14.2 Å². The van der Waals surface area contributed by atoms with Crippen molar-refractivity contribution in [3.05, 3.63) is 72.9 Å². The molecule has 6 nitrogen and oxygen atoms in total. The van der Waals surface area contributed by atoms with Gasteiger partial charge in [-0.05, 0) is 89.9 Å². The number of carbonyl (C=O) groups excluding carboxylic acids is 3. The molecule has 0 aliphatic rings. The van der Waals surface area contributed by atoms with Crippen molar-refractivity contribution in [1.82, 2.24) is 0 Å². The fourth-order valence-corrected chi connectivity index (χ4v) is 7.93. The van der Waals surface area contributed by atoms with Gasteiger partial charge in [0.15, 0.2) is 6.10 Å². The normalized spacial score (nSPS) is 12.6. The molecule has 6 heteroatoms. The summed E-state index contributed by atoms with van der Waals surface area (Å²) < 4.78 is 16.8. The quantitative estimate of drug-likeness (QED) is 0.0262. The summed E-state index contributed by atoms with van der Waals surface area (Å²) in [6.45, 7) is 6.50. The number of allylic oxidation sites excluding steroid dienone is 12. The van der Waals surface area contributed by atoms with E-state index in [1.54, 1.807) is 0 Å². The highest BCUT2D eigenvalue weighted by Crippen LogP contribution is 2.15. The fourth-order valence-electron chi connectivity index (χ4n) is 7.93. The van der Waals surface area contributed by atoms with Crippen LogP contribution in [0.25, 0.3) is 0 Å². The van der Waals surface area contributed by atoms with Gasteiger partial charge in [0.2, 0.25) is 0 Å². The molecule has 0 radical (unpaired) electrons. The van der Waals surface area contributed by atoms with Crippen molar-refractivity contribution in [3.63, 3.8) is 0 Å². The molecule has 386 valence electrons. The standard InChI is InChI=1S/C61H106O6/c1-4-7-10-13-16-19-21-23-25-27-29-30-32-33-35-37-39-42-45-48-51-54-60(63)66-57-58(56-65-59(62)53-50-47-44-41-18-15-12-9-6-3)67-61(64)55-52-49-46-43-40-38-36-34-31-28-26-24-22-20-17-14-11-8-5-2/h7,10,16,19,23-26,29-30,33,35,58H,4-6,8-9,11-15,17-18,20-22,27-28,31-32,34,36-57H2,1-3H3/b10-7-,19-16-,25-23-,26-24-,30-29-,35-33-. The number of unbranched alkanes of at least 4 members (excludes halogenated alkanes) is 28. The van der Waals surface area contributed by atoms with Gasteiger partial charge in [-0.2, -0.15) is 0 Å². The molecule has 0 aliphatic carbocycles. The van der Waals surface area contributed by atoms with Gasteiger partial charge < -0.3 is 14.2 Å². The molecule has 0 saturated heterocycles. The van der Waals surface area contributed by atoms with Crippen molar-refractivity contribution < 1.29 is 28.6 Å². The molecule has 0 rings (SSSR count). The molecule has 0 aliphatic heterocycles. The van der Waals surface area contributed by atoms with Crippen LogP contribution >= 0.6 is 0 Å². The summed E-state index contributed by atoms with van der Waals surface area (Å²) in [6, 6.07) is 0. The van der Waals surface area contributed by atoms with Gasteiger partial charge in [0, 0.05) is 19.3 Å². The molecule has 0 bridgehead atoms. The Bertz CT molecular complexity index is 1260. The highest BCUT2D eigenvalue weighted by molar-refractivity contribution is 5.71. The van der Waals surface area contributed by atoms with E-state index in [1.807, 2.05) is 0 Å². The summed E-state index contributed by atoms with van der Waals surface area (Å²) >= 11 is 0. The Morgan fingerprint density at radius 3 is 0.925 bits per heavy atom. The molecule has 0 saturated carbocycles. The van der Waals surface area contributed by atoms with E-state index in [9.17, 15) is 14.4 Å². The summed E-state index contributed by atoms with van der Waals surface area (Å²) in [7, 11) is 0. The Labute approximate surface area is 414 Å². The lowest BCUT2D eigenvalue weighted by Gasteiger charge is -2.18. The monoisotopic (exact) mass is 935 g/mol. The van der Waals surface area contributed by atoms with Crippen LogP contribution in [0.3, 0.4) is 0 Å². The predicted octanol–water partition coefficient (Wildman–Crippen LogP) is 19.0. The molecule has 0 aromatic carbocycles. The lowest BCUT2D eigenvalue weighted by molar-refractivity contribution is -0.167. The second kappa shape index (κ2) is 55.4. The Morgan fingerprint density at radius 1 is 0.313 bits per heavy atom. The molecule has 0 amide bonds. The average Bonchev–Trinajstić information content (AvgIpc) is 3.33. The molecular weight excluding hydrogens is 829 g/mol. The van der Waals surface area contributed by atoms with Gasteiger partial charge in [0.25, 0.3) is 0 Å². The Balaban J connectivity index is 4.32. The maximum absolute atomic E-state index is 12.8. The van der Waals surface area contributed by atoms with Crippen LogP contribution in [0.2, 0.25) is 0 Å². The lowest BCUT2D eigenvalue weighted by Crippen LogP contribution is -2.30. The van der Waals surface area contributed by atoms with E-state index in [1.165, 1.54) is 128 Å². The van der Waals surface area contributed by atoms with Crippen LogP contribution in [0, 0.1) is 0 Å². The maximum Gasteiger partial charge on any atom is 0.306 e. The number of hydrogen-bond acceptors (Lipinski definition) is 6. The number of esters is 3. The fraction of sp³-hybridized carbons (Fsp3) is 0.754. The number of hydrogen-bond donors (Lipinski definition) is 0. The molecule has 0 aromatic rings. The van der Waals surface area contributed by atoms with Crippen LogP contribution in [0.15, 0.2) is 72.9 Å². The minimum Gasteiger partial charge on any atom is -0.462 e. The predicted molar refractivity (Wildman–Crippen MR) is 288 cm³/mol. The van der Waals surface area contributed by atoms with E-state index >= 15 is 0 Å². The minimum atomic E-state index is -0.782. The lowest BCUT2D eigenvalue weighted by atomic mass is 10.1. The summed E-state index contributed by atoms with van der Waals surface area (Å²) in [4.78, 5) is 38.0. The van der Waals surface area contributed by atoms with Gasteiger partial charge in [0.05, 0.1) is 0 Å². The van der Waals surface area contributed by atoms with Crippen molar-refractivity contribution >= 4 is 17.9 Å². The molecule has 0 spiro atoms. The first-order valence-electron chi connectivity index (χ1n) is 28.4. The first-order valence-corrected chi connectivity index (χ1v) is 28.4. The summed E-state index contributed by atoms with van der Waals surface area (Å²) in [6.07, 6.45) is 70.4. The molecule has 67 heavy (non-hydrogen) atoms. The Kier molecular flexibility index (Phi) is 52.8. The van der Waals surface area contributed by atoms with Crippen LogP contribution in [-0.4, -0.2) is 37.2 Å². The first-order chi connectivity index (χ1) is 33.0. The minimum absolute atomic E-state index is 0.0807. The van der Waals surface area contributed by atoms with Gasteiger partial charge in [-0.3, -0.25) is 14.4 Å². The van der Waals surface area contributed by atoms with Crippen LogP contribution in [0.5, 0.6) is 0 Å². The van der Waals surface area contributed by atoms with E-state index < -0.39 is 6.10 Å². The third-order valence-electron chi connectivity index (χ3n) is 12.2. The van der Waals surface area contributed by atoms with Crippen molar-refractivity contribution in [3.8, 4) is 0 Å². The van der Waals surface area contributed by atoms with E-state index in [-0.39, 0.29) is 31.1 Å². The highest BCUT2D eigenvalue weighted by Gasteiger charge is 2.19. The van der Waals surface area contributed by atoms with Crippen molar-refractivity contribution in [1.29, 1.82) is 0 Å². The summed E-state index contributed by atoms with van der Waals surface area (Å²) in [5.74, 6) is -0.898. The van der Waals surface area contributed by atoms with Crippen LogP contribution in [0.1, 0.15) is 278 Å². The molecule has 1 atom stereocenters. The van der Waals surface area contributed by atoms with Gasteiger partial charge in [-0.25, -0.2) is 0 Å². The molecule has 0 N–H and O–H groups in total. The molecule has 1 unspecified atom stereocenters. The highest BCUT2D eigenvalue weighted by atomic mass is 16.6. The smallest absolute Gasteiger partial charge is 0.306 e. The van der Waals surface area contributed by atoms with Gasteiger partial charge in [-0.1, -0.05) is 241 Å². The van der Waals surface area contributed by atoms with Crippen LogP contribution in [-0.2, 0) is 28.6 Å². The van der Waals surface area contributed by atoms with Gasteiger partial charge in [0.1, 0.15) is 13.2 Å². The average molecular weight is 936 g/mol. The SMILES string of the molecule is CC/C=C\C/C=C\C/C=C\C/C=C\C/C=C\CCCCCCCC(=O)OCC(COC(=O)CCCCCCCCCCC)OC(=O)CCCCCCCCCCC/C=C\CCCCCCCC. The Hall–Kier alpha value is -3.15. The largest absolute Gasteiger partial charge is 0.462 e. The van der Waals surface area contributed by atoms with Gasteiger partial charge in [-0.15, -0.1) is 0 Å². The zero-order valence-corrected chi connectivity index (χ0v) is 44.2.